The van der Waals surface area contributed by atoms with Gasteiger partial charge < -0.3 is 0 Å². The fraction of sp³-hybridized carbons (Fsp3) is 0.188. The van der Waals surface area contributed by atoms with E-state index >= 15 is 0 Å². The maximum atomic E-state index is 13.7. The number of hydrogen-bond acceptors (Lipinski definition) is 1. The number of aryl methyl sites for hydroxylation is 2. The van der Waals surface area contributed by atoms with Crippen LogP contribution in [0.25, 0.3) is 16.7 Å². The molecule has 21 heavy (non-hydrogen) atoms. The summed E-state index contributed by atoms with van der Waals surface area (Å²) in [4.78, 5) is 4.44. The van der Waals surface area contributed by atoms with Gasteiger partial charge in [0.05, 0.1) is 16.9 Å². The van der Waals surface area contributed by atoms with Gasteiger partial charge in [0.2, 0.25) is 0 Å². The lowest BCUT2D eigenvalue weighted by atomic mass is 10.2. The van der Waals surface area contributed by atoms with Crippen molar-refractivity contribution in [3.63, 3.8) is 0 Å². The van der Waals surface area contributed by atoms with E-state index in [0.717, 1.165) is 21.2 Å². The SMILES string of the molecule is Cc1cc2c(cc1F)nc(CCl)n2-c1ccc(C)c(Br)c1. The summed E-state index contributed by atoms with van der Waals surface area (Å²) in [5.41, 5.74) is 4.18. The zero-order chi connectivity index (χ0) is 15.1. The van der Waals surface area contributed by atoms with Gasteiger partial charge in [-0.25, -0.2) is 9.37 Å². The van der Waals surface area contributed by atoms with Gasteiger partial charge >= 0.3 is 0 Å². The second-order valence-electron chi connectivity index (χ2n) is 5.02. The van der Waals surface area contributed by atoms with Gasteiger partial charge in [-0.05, 0) is 43.2 Å². The first kappa shape index (κ1) is 14.5. The largest absolute Gasteiger partial charge is 0.295 e. The van der Waals surface area contributed by atoms with Crippen LogP contribution in [0.4, 0.5) is 4.39 Å². The Morgan fingerprint density at radius 1 is 1.19 bits per heavy atom. The number of alkyl halides is 1. The third kappa shape index (κ3) is 2.47. The van der Waals surface area contributed by atoms with Gasteiger partial charge in [0, 0.05) is 16.2 Å². The fourth-order valence-corrected chi connectivity index (χ4v) is 2.90. The highest BCUT2D eigenvalue weighted by Crippen LogP contribution is 2.27. The van der Waals surface area contributed by atoms with Crippen molar-refractivity contribution >= 4 is 38.6 Å². The molecule has 0 amide bonds. The van der Waals surface area contributed by atoms with E-state index in [2.05, 4.69) is 20.9 Å². The minimum Gasteiger partial charge on any atom is -0.295 e. The first-order valence-corrected chi connectivity index (χ1v) is 7.84. The lowest BCUT2D eigenvalue weighted by molar-refractivity contribution is 0.620. The molecule has 0 atom stereocenters. The molecule has 0 aliphatic carbocycles. The molecule has 0 aliphatic rings. The van der Waals surface area contributed by atoms with E-state index in [1.165, 1.54) is 6.07 Å². The van der Waals surface area contributed by atoms with Crippen LogP contribution in [0, 0.1) is 19.7 Å². The van der Waals surface area contributed by atoms with Crippen LogP contribution in [0.15, 0.2) is 34.8 Å². The summed E-state index contributed by atoms with van der Waals surface area (Å²) in [6.07, 6.45) is 0. The van der Waals surface area contributed by atoms with E-state index in [1.807, 2.05) is 35.8 Å². The molecule has 1 heterocycles. The molecule has 2 aromatic carbocycles. The Balaban J connectivity index is 2.34. The Hall–Kier alpha value is -1.39. The monoisotopic (exact) mass is 366 g/mol. The summed E-state index contributed by atoms with van der Waals surface area (Å²) in [7, 11) is 0. The van der Waals surface area contributed by atoms with Gasteiger partial charge in [-0.15, -0.1) is 11.6 Å². The molecule has 5 heteroatoms. The lowest BCUT2D eigenvalue weighted by Crippen LogP contribution is -2.00. The normalized spacial score (nSPS) is 11.3. The summed E-state index contributed by atoms with van der Waals surface area (Å²) < 4.78 is 16.7. The van der Waals surface area contributed by atoms with Crippen LogP contribution >= 0.6 is 27.5 Å². The van der Waals surface area contributed by atoms with E-state index in [-0.39, 0.29) is 11.7 Å². The molecule has 0 saturated carbocycles. The molecule has 108 valence electrons. The standard InChI is InChI=1S/C16H13BrClFN2/c1-9-3-4-11(6-12(9)17)21-15-5-10(2)13(19)7-14(15)20-16(21)8-18/h3-7H,8H2,1-2H3. The predicted molar refractivity (Wildman–Crippen MR) is 87.8 cm³/mol. The maximum Gasteiger partial charge on any atom is 0.129 e. The maximum absolute atomic E-state index is 13.7. The number of rotatable bonds is 2. The Morgan fingerprint density at radius 3 is 2.62 bits per heavy atom. The molecular weight excluding hydrogens is 355 g/mol. The second-order valence-corrected chi connectivity index (χ2v) is 6.14. The zero-order valence-electron chi connectivity index (χ0n) is 11.6. The topological polar surface area (TPSA) is 17.8 Å². The Kier molecular flexibility index (Phi) is 3.76. The minimum absolute atomic E-state index is 0.252. The first-order chi connectivity index (χ1) is 10.0. The predicted octanol–water partition coefficient (Wildman–Crippen LogP) is 5.28. The average molecular weight is 368 g/mol. The van der Waals surface area contributed by atoms with Crippen molar-refractivity contribution in [2.45, 2.75) is 19.7 Å². The van der Waals surface area contributed by atoms with Gasteiger partial charge in [-0.3, -0.25) is 4.57 Å². The molecule has 0 spiro atoms. The average Bonchev–Trinajstić information content (AvgIpc) is 2.80. The number of fused-ring (bicyclic) bond motifs is 1. The van der Waals surface area contributed by atoms with Crippen LogP contribution in [0.3, 0.4) is 0 Å². The molecule has 0 aliphatic heterocycles. The molecule has 0 N–H and O–H groups in total. The van der Waals surface area contributed by atoms with E-state index in [9.17, 15) is 4.39 Å². The van der Waals surface area contributed by atoms with Crippen LogP contribution in [-0.4, -0.2) is 9.55 Å². The molecule has 0 saturated heterocycles. The highest BCUT2D eigenvalue weighted by Gasteiger charge is 2.14. The van der Waals surface area contributed by atoms with Gasteiger partial charge in [-0.2, -0.15) is 0 Å². The molecule has 0 radical (unpaired) electrons. The van der Waals surface area contributed by atoms with E-state index in [0.29, 0.717) is 16.9 Å². The van der Waals surface area contributed by atoms with E-state index < -0.39 is 0 Å². The summed E-state index contributed by atoms with van der Waals surface area (Å²) in [6, 6.07) is 9.32. The Bertz CT molecular complexity index is 842. The van der Waals surface area contributed by atoms with E-state index in [4.69, 9.17) is 11.6 Å². The summed E-state index contributed by atoms with van der Waals surface area (Å²) in [6.45, 7) is 3.78. The van der Waals surface area contributed by atoms with Crippen LogP contribution in [0.5, 0.6) is 0 Å². The number of halogens is 3. The summed E-state index contributed by atoms with van der Waals surface area (Å²) in [5, 5.41) is 0. The quantitative estimate of drug-likeness (QED) is 0.563. The van der Waals surface area contributed by atoms with Gasteiger partial charge in [0.1, 0.15) is 11.6 Å². The minimum atomic E-state index is -0.252. The van der Waals surface area contributed by atoms with Crippen molar-refractivity contribution in [1.82, 2.24) is 9.55 Å². The molecule has 3 rings (SSSR count). The summed E-state index contributed by atoms with van der Waals surface area (Å²) in [5.74, 6) is 0.715. The Morgan fingerprint density at radius 2 is 1.95 bits per heavy atom. The highest BCUT2D eigenvalue weighted by molar-refractivity contribution is 9.10. The van der Waals surface area contributed by atoms with Gasteiger partial charge in [0.15, 0.2) is 0 Å². The van der Waals surface area contributed by atoms with Crippen molar-refractivity contribution in [2.75, 3.05) is 0 Å². The highest BCUT2D eigenvalue weighted by atomic mass is 79.9. The number of nitrogens with zero attached hydrogens (tertiary/aromatic N) is 2. The Labute approximate surface area is 135 Å². The fourth-order valence-electron chi connectivity index (χ4n) is 2.35. The van der Waals surface area contributed by atoms with Gasteiger partial charge in [-0.1, -0.05) is 22.0 Å². The zero-order valence-corrected chi connectivity index (χ0v) is 14.0. The lowest BCUT2D eigenvalue weighted by Gasteiger charge is -2.10. The molecule has 0 unspecified atom stereocenters. The van der Waals surface area contributed by atoms with Crippen molar-refractivity contribution in [2.24, 2.45) is 0 Å². The van der Waals surface area contributed by atoms with Crippen molar-refractivity contribution < 1.29 is 4.39 Å². The molecule has 0 bridgehead atoms. The van der Waals surface area contributed by atoms with Crippen LogP contribution < -0.4 is 0 Å². The third-order valence-electron chi connectivity index (χ3n) is 3.54. The van der Waals surface area contributed by atoms with E-state index in [1.54, 1.807) is 6.92 Å². The van der Waals surface area contributed by atoms with Crippen LogP contribution in [-0.2, 0) is 5.88 Å². The third-order valence-corrected chi connectivity index (χ3v) is 4.63. The molecule has 0 fully saturated rings. The summed E-state index contributed by atoms with van der Waals surface area (Å²) >= 11 is 9.56. The molecule has 1 aromatic heterocycles. The van der Waals surface area contributed by atoms with Crippen molar-refractivity contribution in [3.05, 3.63) is 57.6 Å². The van der Waals surface area contributed by atoms with Crippen LogP contribution in [0.1, 0.15) is 17.0 Å². The van der Waals surface area contributed by atoms with Crippen LogP contribution in [0.2, 0.25) is 0 Å². The molecular formula is C16H13BrClFN2. The number of imidazole rings is 1. The number of aromatic nitrogens is 2. The molecule has 3 aromatic rings. The number of benzene rings is 2. The van der Waals surface area contributed by atoms with Crippen molar-refractivity contribution in [1.29, 1.82) is 0 Å². The second kappa shape index (κ2) is 5.43. The first-order valence-electron chi connectivity index (χ1n) is 6.51. The van der Waals surface area contributed by atoms with Crippen molar-refractivity contribution in [3.8, 4) is 5.69 Å². The number of hydrogen-bond donors (Lipinski definition) is 0. The van der Waals surface area contributed by atoms with Gasteiger partial charge in [0.25, 0.3) is 0 Å². The molecule has 2 nitrogen and oxygen atoms in total. The smallest absolute Gasteiger partial charge is 0.129 e.